The van der Waals surface area contributed by atoms with Gasteiger partial charge < -0.3 is 0 Å². The van der Waals surface area contributed by atoms with E-state index in [1.54, 1.807) is 48.5 Å². The molecular formula is C20H22O4. The van der Waals surface area contributed by atoms with Crippen LogP contribution in [0.4, 0.5) is 0 Å². The number of ketones is 4. The molecule has 4 nitrogen and oxygen atoms in total. The predicted molar refractivity (Wildman–Crippen MR) is 91.3 cm³/mol. The summed E-state index contributed by atoms with van der Waals surface area (Å²) in [6.07, 6.45) is 0. The van der Waals surface area contributed by atoms with E-state index >= 15 is 0 Å². The van der Waals surface area contributed by atoms with E-state index < -0.39 is 5.92 Å². The van der Waals surface area contributed by atoms with Gasteiger partial charge in [-0.15, -0.1) is 0 Å². The summed E-state index contributed by atoms with van der Waals surface area (Å²) >= 11 is 0. The van der Waals surface area contributed by atoms with Crippen LogP contribution < -0.4 is 0 Å². The molecule has 0 saturated heterocycles. The molecule has 2 rings (SSSR count). The van der Waals surface area contributed by atoms with Crippen molar-refractivity contribution < 1.29 is 19.2 Å². The van der Waals surface area contributed by atoms with E-state index in [0.717, 1.165) is 0 Å². The van der Waals surface area contributed by atoms with E-state index in [1.807, 2.05) is 0 Å². The maximum atomic E-state index is 12.7. The van der Waals surface area contributed by atoms with Gasteiger partial charge in [-0.25, -0.2) is 0 Å². The maximum Gasteiger partial charge on any atom is 0.186 e. The number of carbonyl (C=O) groups excluding carboxylic acids is 4. The zero-order chi connectivity index (χ0) is 18.5. The second-order valence-electron chi connectivity index (χ2n) is 6.62. The maximum absolute atomic E-state index is 12.7. The Kier molecular flexibility index (Phi) is 4.44. The quantitative estimate of drug-likeness (QED) is 0.731. The predicted octanol–water partition coefficient (Wildman–Crippen LogP) is 3.23. The molecule has 0 aromatic heterocycles. The molecule has 0 radical (unpaired) electrons. The standard InChI is InChI=1S/C20H22O4/c1-8-10(3)19(23)15(13(6)17(8)21)12(5)16-14(7)18(22)9(2)11(4)20(16)24/h12H,1-7H3. The first-order chi connectivity index (χ1) is 11.0. The van der Waals surface area contributed by atoms with Crippen molar-refractivity contribution in [2.75, 3.05) is 0 Å². The van der Waals surface area contributed by atoms with Gasteiger partial charge in [0.25, 0.3) is 0 Å². The Bertz CT molecular complexity index is 771. The first-order valence-electron chi connectivity index (χ1n) is 7.97. The highest BCUT2D eigenvalue weighted by Crippen LogP contribution is 2.37. The van der Waals surface area contributed by atoms with E-state index in [2.05, 4.69) is 0 Å². The molecule has 0 N–H and O–H groups in total. The second-order valence-corrected chi connectivity index (χ2v) is 6.62. The molecule has 0 saturated carbocycles. The second kappa shape index (κ2) is 5.93. The van der Waals surface area contributed by atoms with Crippen LogP contribution in [0.1, 0.15) is 48.5 Å². The average Bonchev–Trinajstić information content (AvgIpc) is 2.55. The minimum atomic E-state index is -0.594. The third-order valence-electron chi connectivity index (χ3n) is 5.33. The summed E-state index contributed by atoms with van der Waals surface area (Å²) in [6.45, 7) is 11.5. The molecule has 0 bridgehead atoms. The van der Waals surface area contributed by atoms with Crippen molar-refractivity contribution in [3.63, 3.8) is 0 Å². The smallest absolute Gasteiger partial charge is 0.186 e. The first-order valence-corrected chi connectivity index (χ1v) is 7.97. The van der Waals surface area contributed by atoms with Crippen molar-refractivity contribution in [2.45, 2.75) is 48.5 Å². The molecular weight excluding hydrogens is 304 g/mol. The SMILES string of the molecule is CC1=C(C)C(=O)C(C(C)C2=C(C)C(=O)C(C)=C(C)C2=O)=C(C)C1=O. The molecule has 24 heavy (non-hydrogen) atoms. The van der Waals surface area contributed by atoms with Gasteiger partial charge in [-0.3, -0.25) is 19.2 Å². The fourth-order valence-corrected chi connectivity index (χ4v) is 3.42. The fraction of sp³-hybridized carbons (Fsp3) is 0.400. The summed E-state index contributed by atoms with van der Waals surface area (Å²) in [5, 5.41) is 0. The summed E-state index contributed by atoms with van der Waals surface area (Å²) in [6, 6.07) is 0. The lowest BCUT2D eigenvalue weighted by Gasteiger charge is -2.28. The van der Waals surface area contributed by atoms with Crippen LogP contribution in [0.25, 0.3) is 0 Å². The summed E-state index contributed by atoms with van der Waals surface area (Å²) in [7, 11) is 0. The van der Waals surface area contributed by atoms with Crippen LogP contribution in [-0.2, 0) is 19.2 Å². The van der Waals surface area contributed by atoms with E-state index in [0.29, 0.717) is 44.6 Å². The fourth-order valence-electron chi connectivity index (χ4n) is 3.42. The molecule has 0 aliphatic heterocycles. The average molecular weight is 326 g/mol. The van der Waals surface area contributed by atoms with Crippen molar-refractivity contribution in [1.82, 2.24) is 0 Å². The number of hydrogen-bond donors (Lipinski definition) is 0. The van der Waals surface area contributed by atoms with Crippen LogP contribution in [0.15, 0.2) is 44.6 Å². The van der Waals surface area contributed by atoms with Gasteiger partial charge in [0.15, 0.2) is 23.1 Å². The topological polar surface area (TPSA) is 68.3 Å². The van der Waals surface area contributed by atoms with E-state index in [-0.39, 0.29) is 23.1 Å². The van der Waals surface area contributed by atoms with Crippen LogP contribution in [-0.4, -0.2) is 23.1 Å². The van der Waals surface area contributed by atoms with Crippen LogP contribution in [0, 0.1) is 5.92 Å². The van der Waals surface area contributed by atoms with Crippen LogP contribution in [0.2, 0.25) is 0 Å². The van der Waals surface area contributed by atoms with Gasteiger partial charge in [0.2, 0.25) is 0 Å². The molecule has 2 aliphatic rings. The van der Waals surface area contributed by atoms with Crippen molar-refractivity contribution in [2.24, 2.45) is 5.92 Å². The van der Waals surface area contributed by atoms with Gasteiger partial charge in [-0.2, -0.15) is 0 Å². The highest BCUT2D eigenvalue weighted by atomic mass is 16.1. The number of carbonyl (C=O) groups is 4. The highest BCUT2D eigenvalue weighted by Gasteiger charge is 2.37. The summed E-state index contributed by atoms with van der Waals surface area (Å²) < 4.78 is 0. The first kappa shape index (κ1) is 18.0. The molecule has 0 aromatic rings. The third-order valence-corrected chi connectivity index (χ3v) is 5.33. The van der Waals surface area contributed by atoms with Crippen LogP contribution in [0.5, 0.6) is 0 Å². The molecule has 0 atom stereocenters. The third kappa shape index (κ3) is 2.37. The van der Waals surface area contributed by atoms with E-state index in [4.69, 9.17) is 0 Å². The number of hydrogen-bond acceptors (Lipinski definition) is 4. The highest BCUT2D eigenvalue weighted by molar-refractivity contribution is 6.28. The molecule has 0 amide bonds. The van der Waals surface area contributed by atoms with Gasteiger partial charge in [0.05, 0.1) is 0 Å². The van der Waals surface area contributed by atoms with Crippen LogP contribution in [0.3, 0.4) is 0 Å². The van der Waals surface area contributed by atoms with Crippen molar-refractivity contribution >= 4 is 23.1 Å². The Labute approximate surface area is 142 Å². The van der Waals surface area contributed by atoms with Gasteiger partial charge in [-0.05, 0) is 41.5 Å². The Balaban J connectivity index is 2.63. The molecule has 0 spiro atoms. The summed E-state index contributed by atoms with van der Waals surface area (Å²) in [5.74, 6) is -1.39. The molecule has 0 fully saturated rings. The van der Waals surface area contributed by atoms with Gasteiger partial charge in [0.1, 0.15) is 0 Å². The Hall–Kier alpha value is -2.36. The minimum absolute atomic E-state index is 0.176. The van der Waals surface area contributed by atoms with Crippen LogP contribution >= 0.6 is 0 Å². The zero-order valence-electron chi connectivity index (χ0n) is 15.2. The molecule has 0 unspecified atom stereocenters. The minimum Gasteiger partial charge on any atom is -0.289 e. The molecule has 4 heteroatoms. The van der Waals surface area contributed by atoms with Crippen molar-refractivity contribution in [1.29, 1.82) is 0 Å². The van der Waals surface area contributed by atoms with Gasteiger partial charge in [-0.1, -0.05) is 6.92 Å². The van der Waals surface area contributed by atoms with E-state index in [1.165, 1.54) is 0 Å². The molecule has 0 aromatic carbocycles. The number of Topliss-reactive ketones (excluding diaryl/α,β-unsaturated/α-hetero) is 4. The largest absolute Gasteiger partial charge is 0.289 e. The monoisotopic (exact) mass is 326 g/mol. The number of allylic oxidation sites excluding steroid dienone is 8. The Morgan fingerprint density at radius 2 is 0.708 bits per heavy atom. The molecule has 126 valence electrons. The van der Waals surface area contributed by atoms with E-state index in [9.17, 15) is 19.2 Å². The lowest BCUT2D eigenvalue weighted by Crippen LogP contribution is -2.30. The number of rotatable bonds is 2. The normalized spacial score (nSPS) is 20.3. The van der Waals surface area contributed by atoms with Crippen molar-refractivity contribution in [3.8, 4) is 0 Å². The Morgan fingerprint density at radius 3 is 1.00 bits per heavy atom. The van der Waals surface area contributed by atoms with Gasteiger partial charge in [0, 0.05) is 50.5 Å². The molecule has 0 heterocycles. The lowest BCUT2D eigenvalue weighted by molar-refractivity contribution is -0.117. The molecule has 2 aliphatic carbocycles. The zero-order valence-corrected chi connectivity index (χ0v) is 15.2. The Morgan fingerprint density at radius 1 is 0.458 bits per heavy atom. The van der Waals surface area contributed by atoms with Crippen molar-refractivity contribution in [3.05, 3.63) is 44.6 Å². The lowest BCUT2D eigenvalue weighted by atomic mass is 9.73. The summed E-state index contributed by atoms with van der Waals surface area (Å²) in [5.41, 5.74) is 3.07. The van der Waals surface area contributed by atoms with Gasteiger partial charge >= 0.3 is 0 Å². The summed E-state index contributed by atoms with van der Waals surface area (Å²) in [4.78, 5) is 50.2.